The molecule has 2 amide bonds. The van der Waals surface area contributed by atoms with Gasteiger partial charge in [-0.1, -0.05) is 12.1 Å². The molecular formula is C17H17BrN2O4. The second-order valence-electron chi connectivity index (χ2n) is 4.75. The number of halogens is 1. The Morgan fingerprint density at radius 3 is 2.46 bits per heavy atom. The average Bonchev–Trinajstić information content (AvgIpc) is 3.01. The molecule has 0 atom stereocenters. The monoisotopic (exact) mass is 392 g/mol. The van der Waals surface area contributed by atoms with Gasteiger partial charge in [-0.15, -0.1) is 0 Å². The zero-order valence-corrected chi connectivity index (χ0v) is 14.8. The van der Waals surface area contributed by atoms with Crippen LogP contribution in [0.3, 0.4) is 0 Å². The highest BCUT2D eigenvalue weighted by Gasteiger charge is 2.16. The van der Waals surface area contributed by atoms with Crippen LogP contribution in [0, 0.1) is 0 Å². The van der Waals surface area contributed by atoms with Crippen LogP contribution in [-0.4, -0.2) is 25.5 Å². The van der Waals surface area contributed by atoms with Crippen molar-refractivity contribution in [2.24, 2.45) is 0 Å². The number of hydrogen-bond acceptors (Lipinski definition) is 4. The summed E-state index contributed by atoms with van der Waals surface area (Å²) >= 11 is 3.14. The number of furan rings is 1. The maximum atomic E-state index is 12.2. The standard InChI is InChI=1S/C17H17BrN2O4/c1-3-19-16(21)13(10-11-4-6-12(23-2)7-5-11)20-17(22)14-8-9-15(18)24-14/h4-10H,3H2,1-2H3,(H,19,21)(H,20,22). The van der Waals surface area contributed by atoms with Crippen molar-refractivity contribution < 1.29 is 18.7 Å². The zero-order valence-electron chi connectivity index (χ0n) is 13.3. The van der Waals surface area contributed by atoms with Crippen LogP contribution in [0.25, 0.3) is 6.08 Å². The van der Waals surface area contributed by atoms with Crippen LogP contribution in [0.4, 0.5) is 0 Å². The number of ether oxygens (including phenoxy) is 1. The molecule has 6 nitrogen and oxygen atoms in total. The van der Waals surface area contributed by atoms with Gasteiger partial charge in [0.25, 0.3) is 11.8 Å². The van der Waals surface area contributed by atoms with Crippen molar-refractivity contribution in [3.63, 3.8) is 0 Å². The molecule has 0 fully saturated rings. The molecule has 1 aromatic heterocycles. The van der Waals surface area contributed by atoms with E-state index in [0.29, 0.717) is 17.0 Å². The molecule has 2 aromatic rings. The second kappa shape index (κ2) is 8.35. The first-order valence-electron chi connectivity index (χ1n) is 7.24. The van der Waals surface area contributed by atoms with E-state index in [4.69, 9.17) is 9.15 Å². The molecule has 0 saturated carbocycles. The van der Waals surface area contributed by atoms with Crippen LogP contribution in [0.1, 0.15) is 23.0 Å². The lowest BCUT2D eigenvalue weighted by atomic mass is 10.1. The van der Waals surface area contributed by atoms with Crippen LogP contribution < -0.4 is 15.4 Å². The van der Waals surface area contributed by atoms with Crippen LogP contribution in [0.15, 0.2) is 51.2 Å². The van der Waals surface area contributed by atoms with Crippen molar-refractivity contribution in [2.75, 3.05) is 13.7 Å². The van der Waals surface area contributed by atoms with Gasteiger partial charge < -0.3 is 19.8 Å². The number of rotatable bonds is 6. The minimum atomic E-state index is -0.508. The highest BCUT2D eigenvalue weighted by atomic mass is 79.9. The Labute approximate surface area is 148 Å². The van der Waals surface area contributed by atoms with Crippen LogP contribution >= 0.6 is 15.9 Å². The first kappa shape index (κ1) is 17.8. The number of likely N-dealkylation sites (N-methyl/N-ethyl adjacent to an activating group) is 1. The topological polar surface area (TPSA) is 80.6 Å². The third kappa shape index (κ3) is 4.73. The normalized spacial score (nSPS) is 11.0. The van der Waals surface area contributed by atoms with E-state index in [2.05, 4.69) is 26.6 Å². The Bertz CT molecular complexity index is 750. The van der Waals surface area contributed by atoms with Crippen molar-refractivity contribution in [1.29, 1.82) is 0 Å². The molecule has 0 aliphatic carbocycles. The molecule has 0 aliphatic heterocycles. The molecule has 0 radical (unpaired) electrons. The molecule has 1 heterocycles. The molecule has 0 unspecified atom stereocenters. The summed E-state index contributed by atoms with van der Waals surface area (Å²) in [5, 5.41) is 5.24. The number of benzene rings is 1. The highest BCUT2D eigenvalue weighted by Crippen LogP contribution is 2.16. The molecule has 7 heteroatoms. The quantitative estimate of drug-likeness (QED) is 0.740. The molecule has 2 N–H and O–H groups in total. The predicted molar refractivity (Wildman–Crippen MR) is 93.5 cm³/mol. The summed E-state index contributed by atoms with van der Waals surface area (Å²) < 4.78 is 10.7. The third-order valence-corrected chi connectivity index (χ3v) is 3.48. The van der Waals surface area contributed by atoms with Crippen molar-refractivity contribution in [3.8, 4) is 5.75 Å². The zero-order chi connectivity index (χ0) is 17.5. The van der Waals surface area contributed by atoms with Crippen molar-refractivity contribution >= 4 is 33.8 Å². The summed E-state index contributed by atoms with van der Waals surface area (Å²) in [5.41, 5.74) is 0.873. The maximum absolute atomic E-state index is 12.2. The lowest BCUT2D eigenvalue weighted by molar-refractivity contribution is -0.117. The van der Waals surface area contributed by atoms with E-state index in [1.807, 2.05) is 0 Å². The average molecular weight is 393 g/mol. The van der Waals surface area contributed by atoms with Gasteiger partial charge in [0.15, 0.2) is 10.4 Å². The van der Waals surface area contributed by atoms with Crippen molar-refractivity contribution in [1.82, 2.24) is 10.6 Å². The maximum Gasteiger partial charge on any atom is 0.291 e. The lowest BCUT2D eigenvalue weighted by Crippen LogP contribution is -2.34. The van der Waals surface area contributed by atoms with E-state index in [-0.39, 0.29) is 17.4 Å². The smallest absolute Gasteiger partial charge is 0.291 e. The molecule has 0 bridgehead atoms. The minimum Gasteiger partial charge on any atom is -0.497 e. The number of methoxy groups -OCH3 is 1. The van der Waals surface area contributed by atoms with Crippen LogP contribution in [0.5, 0.6) is 5.75 Å². The van der Waals surface area contributed by atoms with E-state index in [1.165, 1.54) is 6.07 Å². The Kier molecular flexibility index (Phi) is 6.20. The number of carbonyl (C=O) groups is 2. The summed E-state index contributed by atoms with van der Waals surface area (Å²) in [5.74, 6) is -0.0815. The number of carbonyl (C=O) groups excluding carboxylic acids is 2. The van der Waals surface area contributed by atoms with Crippen molar-refractivity contribution in [3.05, 3.63) is 58.1 Å². The van der Waals surface area contributed by atoms with Gasteiger partial charge in [0.1, 0.15) is 11.4 Å². The SMILES string of the molecule is CCNC(=O)C(=Cc1ccc(OC)cc1)NC(=O)c1ccc(Br)o1. The first-order valence-corrected chi connectivity index (χ1v) is 8.03. The molecule has 1 aromatic carbocycles. The molecule has 0 saturated heterocycles. The van der Waals surface area contributed by atoms with E-state index in [9.17, 15) is 9.59 Å². The number of nitrogens with one attached hydrogen (secondary N) is 2. The van der Waals surface area contributed by atoms with Gasteiger partial charge in [0.05, 0.1) is 7.11 Å². The van der Waals surface area contributed by atoms with Crippen molar-refractivity contribution in [2.45, 2.75) is 6.92 Å². The number of hydrogen-bond donors (Lipinski definition) is 2. The highest BCUT2D eigenvalue weighted by molar-refractivity contribution is 9.10. The van der Waals surface area contributed by atoms with Gasteiger partial charge >= 0.3 is 0 Å². The third-order valence-electron chi connectivity index (χ3n) is 3.05. The van der Waals surface area contributed by atoms with Gasteiger partial charge in [0.2, 0.25) is 0 Å². The summed E-state index contributed by atoms with van der Waals surface area (Å²) in [4.78, 5) is 24.4. The van der Waals surface area contributed by atoms with Gasteiger partial charge in [-0.3, -0.25) is 9.59 Å². The summed E-state index contributed by atoms with van der Waals surface area (Å²) in [7, 11) is 1.58. The molecule has 24 heavy (non-hydrogen) atoms. The van der Waals surface area contributed by atoms with Crippen LogP contribution in [-0.2, 0) is 4.79 Å². The Morgan fingerprint density at radius 2 is 1.92 bits per heavy atom. The summed E-state index contributed by atoms with van der Waals surface area (Å²) in [6, 6.07) is 10.2. The van der Waals surface area contributed by atoms with E-state index in [1.54, 1.807) is 50.4 Å². The van der Waals surface area contributed by atoms with Crippen LogP contribution in [0.2, 0.25) is 0 Å². The molecule has 2 rings (SSSR count). The molecule has 0 spiro atoms. The fourth-order valence-electron chi connectivity index (χ4n) is 1.90. The Balaban J connectivity index is 2.24. The van der Waals surface area contributed by atoms with Gasteiger partial charge in [0, 0.05) is 6.54 Å². The molecular weight excluding hydrogens is 376 g/mol. The fourth-order valence-corrected chi connectivity index (χ4v) is 2.21. The van der Waals surface area contributed by atoms with E-state index >= 15 is 0 Å². The summed E-state index contributed by atoms with van der Waals surface area (Å²) in [6.45, 7) is 2.25. The van der Waals surface area contributed by atoms with Gasteiger partial charge in [-0.2, -0.15) is 0 Å². The summed E-state index contributed by atoms with van der Waals surface area (Å²) in [6.07, 6.45) is 1.58. The van der Waals surface area contributed by atoms with E-state index < -0.39 is 5.91 Å². The lowest BCUT2D eigenvalue weighted by Gasteiger charge is -2.09. The van der Waals surface area contributed by atoms with Gasteiger partial charge in [-0.25, -0.2) is 0 Å². The minimum absolute atomic E-state index is 0.104. The molecule has 126 valence electrons. The Morgan fingerprint density at radius 1 is 1.21 bits per heavy atom. The largest absolute Gasteiger partial charge is 0.497 e. The fraction of sp³-hybridized carbons (Fsp3) is 0.176. The number of amides is 2. The van der Waals surface area contributed by atoms with Gasteiger partial charge in [-0.05, 0) is 58.8 Å². The second-order valence-corrected chi connectivity index (χ2v) is 5.53. The van der Waals surface area contributed by atoms with E-state index in [0.717, 1.165) is 5.56 Å². The Hall–Kier alpha value is -2.54. The molecule has 0 aliphatic rings. The predicted octanol–water partition coefficient (Wildman–Crippen LogP) is 2.96. The first-order chi connectivity index (χ1) is 11.5.